The standard InChI is InChI=1S/C15H24N2/c1-11-5-6-13(12(2)9-11)14-10-16-8-7-15(14)17(3)4/h5-6,9,14-16H,7-8,10H2,1-4H3. The number of piperidine rings is 1. The third-order valence-corrected chi connectivity index (χ3v) is 3.93. The van der Waals surface area contributed by atoms with E-state index in [0.717, 1.165) is 13.1 Å². The molecule has 2 rings (SSSR count). The SMILES string of the molecule is Cc1ccc(C2CNCCC2N(C)C)c(C)c1. The summed E-state index contributed by atoms with van der Waals surface area (Å²) in [6.07, 6.45) is 1.24. The van der Waals surface area contributed by atoms with E-state index in [1.165, 1.54) is 23.1 Å². The molecule has 2 unspecified atom stereocenters. The molecule has 0 aliphatic carbocycles. The zero-order chi connectivity index (χ0) is 12.4. The van der Waals surface area contributed by atoms with Crippen LogP contribution in [0.25, 0.3) is 0 Å². The Morgan fingerprint density at radius 1 is 1.24 bits per heavy atom. The number of likely N-dealkylation sites (N-methyl/N-ethyl adjacent to an activating group) is 1. The molecule has 2 nitrogen and oxygen atoms in total. The van der Waals surface area contributed by atoms with Gasteiger partial charge in [-0.15, -0.1) is 0 Å². The first-order valence-corrected chi connectivity index (χ1v) is 6.54. The van der Waals surface area contributed by atoms with E-state index >= 15 is 0 Å². The van der Waals surface area contributed by atoms with Gasteiger partial charge in [0.1, 0.15) is 0 Å². The van der Waals surface area contributed by atoms with E-state index in [0.29, 0.717) is 12.0 Å². The van der Waals surface area contributed by atoms with Crippen LogP contribution in [0, 0.1) is 13.8 Å². The average Bonchev–Trinajstić information content (AvgIpc) is 2.29. The fourth-order valence-corrected chi connectivity index (χ4v) is 3.02. The molecule has 94 valence electrons. The number of hydrogen-bond acceptors (Lipinski definition) is 2. The van der Waals surface area contributed by atoms with Crippen LogP contribution in [0.3, 0.4) is 0 Å². The number of nitrogens with one attached hydrogen (secondary N) is 1. The maximum atomic E-state index is 3.53. The van der Waals surface area contributed by atoms with Gasteiger partial charge in [0, 0.05) is 18.5 Å². The Morgan fingerprint density at radius 2 is 2.00 bits per heavy atom. The highest BCUT2D eigenvalue weighted by Gasteiger charge is 2.28. The van der Waals surface area contributed by atoms with Gasteiger partial charge in [0.15, 0.2) is 0 Å². The van der Waals surface area contributed by atoms with Crippen LogP contribution in [-0.2, 0) is 0 Å². The number of hydrogen-bond donors (Lipinski definition) is 1. The van der Waals surface area contributed by atoms with Gasteiger partial charge < -0.3 is 10.2 Å². The maximum Gasteiger partial charge on any atom is 0.0182 e. The summed E-state index contributed by atoms with van der Waals surface area (Å²) in [6, 6.07) is 7.52. The monoisotopic (exact) mass is 232 g/mol. The predicted octanol–water partition coefficient (Wildman–Crippen LogP) is 2.31. The number of rotatable bonds is 2. The van der Waals surface area contributed by atoms with Gasteiger partial charge in [0.25, 0.3) is 0 Å². The summed E-state index contributed by atoms with van der Waals surface area (Å²) >= 11 is 0. The average molecular weight is 232 g/mol. The molecule has 1 aromatic rings. The van der Waals surface area contributed by atoms with Gasteiger partial charge in [-0.25, -0.2) is 0 Å². The first-order valence-electron chi connectivity index (χ1n) is 6.54. The first-order chi connectivity index (χ1) is 8.09. The minimum atomic E-state index is 0.624. The molecule has 2 heteroatoms. The van der Waals surface area contributed by atoms with Gasteiger partial charge in [-0.3, -0.25) is 0 Å². The molecule has 0 spiro atoms. The number of aryl methyl sites for hydroxylation is 2. The lowest BCUT2D eigenvalue weighted by Gasteiger charge is -2.37. The fraction of sp³-hybridized carbons (Fsp3) is 0.600. The van der Waals surface area contributed by atoms with Crippen LogP contribution in [0.2, 0.25) is 0 Å². The summed E-state index contributed by atoms with van der Waals surface area (Å²) in [5, 5.41) is 3.53. The van der Waals surface area contributed by atoms with Crippen LogP contribution < -0.4 is 5.32 Å². The van der Waals surface area contributed by atoms with Crippen LogP contribution in [0.4, 0.5) is 0 Å². The molecule has 1 fully saturated rings. The topological polar surface area (TPSA) is 15.3 Å². The highest BCUT2D eigenvalue weighted by atomic mass is 15.1. The molecule has 1 heterocycles. The lowest BCUT2D eigenvalue weighted by molar-refractivity contribution is 0.209. The molecule has 1 aliphatic rings. The Balaban J connectivity index is 2.29. The lowest BCUT2D eigenvalue weighted by atomic mass is 9.83. The maximum absolute atomic E-state index is 3.53. The van der Waals surface area contributed by atoms with Crippen molar-refractivity contribution in [2.45, 2.75) is 32.2 Å². The Bertz CT molecular complexity index is 385. The Kier molecular flexibility index (Phi) is 3.85. The predicted molar refractivity (Wildman–Crippen MR) is 73.6 cm³/mol. The molecule has 1 saturated heterocycles. The lowest BCUT2D eigenvalue weighted by Crippen LogP contribution is -2.45. The van der Waals surface area contributed by atoms with Crippen molar-refractivity contribution in [3.8, 4) is 0 Å². The van der Waals surface area contributed by atoms with Gasteiger partial charge in [-0.05, 0) is 52.0 Å². The third kappa shape index (κ3) is 2.70. The molecular formula is C15H24N2. The molecule has 0 amide bonds. The van der Waals surface area contributed by atoms with Gasteiger partial charge in [-0.1, -0.05) is 23.8 Å². The summed E-state index contributed by atoms with van der Waals surface area (Å²) in [5.41, 5.74) is 4.31. The first kappa shape index (κ1) is 12.6. The molecule has 0 aromatic heterocycles. The molecule has 17 heavy (non-hydrogen) atoms. The summed E-state index contributed by atoms with van der Waals surface area (Å²) in [6.45, 7) is 6.65. The van der Waals surface area contributed by atoms with E-state index in [1.807, 2.05) is 0 Å². The molecule has 0 radical (unpaired) electrons. The summed E-state index contributed by atoms with van der Waals surface area (Å²) in [5.74, 6) is 0.624. The number of benzene rings is 1. The fourth-order valence-electron chi connectivity index (χ4n) is 3.02. The van der Waals surface area contributed by atoms with E-state index in [1.54, 1.807) is 0 Å². The van der Waals surface area contributed by atoms with E-state index in [9.17, 15) is 0 Å². The second kappa shape index (κ2) is 5.19. The largest absolute Gasteiger partial charge is 0.316 e. The van der Waals surface area contributed by atoms with Gasteiger partial charge >= 0.3 is 0 Å². The van der Waals surface area contributed by atoms with Crippen molar-refractivity contribution in [1.82, 2.24) is 10.2 Å². The third-order valence-electron chi connectivity index (χ3n) is 3.93. The van der Waals surface area contributed by atoms with E-state index < -0.39 is 0 Å². The van der Waals surface area contributed by atoms with Gasteiger partial charge in [0.05, 0.1) is 0 Å². The van der Waals surface area contributed by atoms with Crippen LogP contribution >= 0.6 is 0 Å². The zero-order valence-corrected chi connectivity index (χ0v) is 11.5. The van der Waals surface area contributed by atoms with E-state index in [-0.39, 0.29) is 0 Å². The zero-order valence-electron chi connectivity index (χ0n) is 11.5. The van der Waals surface area contributed by atoms with Crippen molar-refractivity contribution < 1.29 is 0 Å². The van der Waals surface area contributed by atoms with Crippen molar-refractivity contribution in [2.24, 2.45) is 0 Å². The second-order valence-electron chi connectivity index (χ2n) is 5.49. The Morgan fingerprint density at radius 3 is 2.65 bits per heavy atom. The molecule has 1 aromatic carbocycles. The molecule has 2 atom stereocenters. The highest BCUT2D eigenvalue weighted by molar-refractivity contribution is 5.34. The molecular weight excluding hydrogens is 208 g/mol. The van der Waals surface area contributed by atoms with Crippen LogP contribution in [0.15, 0.2) is 18.2 Å². The van der Waals surface area contributed by atoms with Crippen LogP contribution in [0.5, 0.6) is 0 Å². The van der Waals surface area contributed by atoms with Crippen molar-refractivity contribution in [1.29, 1.82) is 0 Å². The smallest absolute Gasteiger partial charge is 0.0182 e. The Labute approximate surface area is 105 Å². The van der Waals surface area contributed by atoms with E-state index in [2.05, 4.69) is 56.4 Å². The highest BCUT2D eigenvalue weighted by Crippen LogP contribution is 2.29. The molecule has 1 N–H and O–H groups in total. The molecule has 1 aliphatic heterocycles. The number of nitrogens with zero attached hydrogens (tertiary/aromatic N) is 1. The summed E-state index contributed by atoms with van der Waals surface area (Å²) in [4.78, 5) is 2.38. The molecule has 0 saturated carbocycles. The van der Waals surface area contributed by atoms with Crippen molar-refractivity contribution in [2.75, 3.05) is 27.2 Å². The minimum absolute atomic E-state index is 0.624. The van der Waals surface area contributed by atoms with Crippen molar-refractivity contribution in [3.05, 3.63) is 34.9 Å². The Hall–Kier alpha value is -0.860. The van der Waals surface area contributed by atoms with Crippen molar-refractivity contribution in [3.63, 3.8) is 0 Å². The van der Waals surface area contributed by atoms with Crippen molar-refractivity contribution >= 4 is 0 Å². The van der Waals surface area contributed by atoms with Crippen LogP contribution in [-0.4, -0.2) is 38.1 Å². The van der Waals surface area contributed by atoms with Gasteiger partial charge in [0.2, 0.25) is 0 Å². The quantitative estimate of drug-likeness (QED) is 0.842. The molecule has 0 bridgehead atoms. The summed E-state index contributed by atoms with van der Waals surface area (Å²) < 4.78 is 0. The normalized spacial score (nSPS) is 25.2. The summed E-state index contributed by atoms with van der Waals surface area (Å²) in [7, 11) is 4.40. The minimum Gasteiger partial charge on any atom is -0.316 e. The van der Waals surface area contributed by atoms with E-state index in [4.69, 9.17) is 0 Å². The van der Waals surface area contributed by atoms with Gasteiger partial charge in [-0.2, -0.15) is 0 Å². The van der Waals surface area contributed by atoms with Crippen LogP contribution in [0.1, 0.15) is 29.0 Å². The second-order valence-corrected chi connectivity index (χ2v) is 5.49.